The van der Waals surface area contributed by atoms with Gasteiger partial charge in [-0.1, -0.05) is 24.3 Å². The molecule has 0 aliphatic rings. The monoisotopic (exact) mass is 377 g/mol. The Hall–Kier alpha value is -3.94. The molecule has 28 heavy (non-hydrogen) atoms. The number of benzene rings is 2. The van der Waals surface area contributed by atoms with Crippen molar-refractivity contribution in [3.05, 3.63) is 84.3 Å². The van der Waals surface area contributed by atoms with E-state index in [4.69, 9.17) is 0 Å². The quantitative estimate of drug-likeness (QED) is 0.554. The van der Waals surface area contributed by atoms with E-state index in [9.17, 15) is 13.6 Å². The van der Waals surface area contributed by atoms with Crippen LogP contribution in [0.25, 0.3) is 10.9 Å². The SMILES string of the molecule is O=C(Nc1c(F)cccc1F)c1cnc(Nc2cccc3cccnc23)nc1. The van der Waals surface area contributed by atoms with Crippen molar-refractivity contribution < 1.29 is 13.6 Å². The lowest BCUT2D eigenvalue weighted by molar-refractivity contribution is 0.102. The van der Waals surface area contributed by atoms with Gasteiger partial charge >= 0.3 is 0 Å². The topological polar surface area (TPSA) is 79.8 Å². The summed E-state index contributed by atoms with van der Waals surface area (Å²) in [6.07, 6.45) is 4.22. The first kappa shape index (κ1) is 17.5. The highest BCUT2D eigenvalue weighted by atomic mass is 19.1. The van der Waals surface area contributed by atoms with Gasteiger partial charge < -0.3 is 10.6 Å². The number of hydrogen-bond acceptors (Lipinski definition) is 5. The fourth-order valence-electron chi connectivity index (χ4n) is 2.64. The Morgan fingerprint density at radius 3 is 2.29 bits per heavy atom. The van der Waals surface area contributed by atoms with Gasteiger partial charge in [0.1, 0.15) is 17.3 Å². The number of carbonyl (C=O) groups excluding carboxylic acids is 1. The summed E-state index contributed by atoms with van der Waals surface area (Å²) in [6, 6.07) is 12.7. The van der Waals surface area contributed by atoms with E-state index in [0.717, 1.165) is 23.0 Å². The van der Waals surface area contributed by atoms with E-state index in [1.165, 1.54) is 18.5 Å². The van der Waals surface area contributed by atoms with Crippen molar-refractivity contribution >= 4 is 34.1 Å². The van der Waals surface area contributed by atoms with E-state index in [0.29, 0.717) is 5.69 Å². The molecule has 6 nitrogen and oxygen atoms in total. The number of para-hydroxylation sites is 2. The number of nitrogens with zero attached hydrogens (tertiary/aromatic N) is 3. The van der Waals surface area contributed by atoms with E-state index in [2.05, 4.69) is 25.6 Å². The van der Waals surface area contributed by atoms with Crippen LogP contribution in [-0.4, -0.2) is 20.9 Å². The lowest BCUT2D eigenvalue weighted by atomic mass is 10.2. The maximum atomic E-state index is 13.7. The third kappa shape index (κ3) is 3.48. The zero-order valence-electron chi connectivity index (χ0n) is 14.4. The van der Waals surface area contributed by atoms with Gasteiger partial charge in [0.15, 0.2) is 0 Å². The van der Waals surface area contributed by atoms with Crippen LogP contribution >= 0.6 is 0 Å². The molecule has 138 valence electrons. The highest BCUT2D eigenvalue weighted by Gasteiger charge is 2.14. The lowest BCUT2D eigenvalue weighted by Crippen LogP contribution is -2.15. The normalized spacial score (nSPS) is 10.6. The summed E-state index contributed by atoms with van der Waals surface area (Å²) >= 11 is 0. The molecule has 0 atom stereocenters. The van der Waals surface area contributed by atoms with Gasteiger partial charge in [-0.3, -0.25) is 9.78 Å². The van der Waals surface area contributed by atoms with Crippen LogP contribution in [0, 0.1) is 11.6 Å². The molecule has 2 heterocycles. The molecule has 4 rings (SSSR count). The van der Waals surface area contributed by atoms with Gasteiger partial charge in [-0.25, -0.2) is 18.7 Å². The first-order valence-electron chi connectivity index (χ1n) is 8.30. The van der Waals surface area contributed by atoms with Gasteiger partial charge in [-0.2, -0.15) is 0 Å². The third-order valence-electron chi connectivity index (χ3n) is 3.99. The Balaban J connectivity index is 1.53. The number of rotatable bonds is 4. The molecule has 1 amide bonds. The van der Waals surface area contributed by atoms with E-state index in [1.807, 2.05) is 30.3 Å². The summed E-state index contributed by atoms with van der Waals surface area (Å²) in [6.45, 7) is 0. The molecule has 2 N–H and O–H groups in total. The third-order valence-corrected chi connectivity index (χ3v) is 3.99. The molecule has 2 aromatic carbocycles. The number of anilines is 3. The fraction of sp³-hybridized carbons (Fsp3) is 0. The van der Waals surface area contributed by atoms with E-state index < -0.39 is 23.2 Å². The molecule has 0 fully saturated rings. The summed E-state index contributed by atoms with van der Waals surface area (Å²) in [5.41, 5.74) is 1.01. The zero-order valence-corrected chi connectivity index (χ0v) is 14.4. The van der Waals surface area contributed by atoms with E-state index >= 15 is 0 Å². The zero-order chi connectivity index (χ0) is 19.5. The maximum Gasteiger partial charge on any atom is 0.258 e. The number of aromatic nitrogens is 3. The molecular formula is C20H13F2N5O. The van der Waals surface area contributed by atoms with Crippen LogP contribution < -0.4 is 10.6 Å². The standard InChI is InChI=1S/C20H13F2N5O/c21-14-6-2-7-15(22)18(14)27-19(28)13-10-24-20(25-11-13)26-16-8-1-4-12-5-3-9-23-17(12)16/h1-11H,(H,27,28)(H,24,25,26). The van der Waals surface area contributed by atoms with Crippen molar-refractivity contribution in [3.63, 3.8) is 0 Å². The van der Waals surface area contributed by atoms with Gasteiger partial charge in [0, 0.05) is 24.0 Å². The summed E-state index contributed by atoms with van der Waals surface area (Å²) in [4.78, 5) is 24.7. The lowest BCUT2D eigenvalue weighted by Gasteiger charge is -2.09. The van der Waals surface area contributed by atoms with Crippen molar-refractivity contribution in [2.75, 3.05) is 10.6 Å². The molecule has 0 bridgehead atoms. The van der Waals surface area contributed by atoms with Crippen LogP contribution in [0.4, 0.5) is 26.1 Å². The first-order valence-corrected chi connectivity index (χ1v) is 8.30. The molecule has 0 unspecified atom stereocenters. The van der Waals surface area contributed by atoms with Crippen molar-refractivity contribution in [1.82, 2.24) is 15.0 Å². The molecule has 0 radical (unpaired) electrons. The smallest absolute Gasteiger partial charge is 0.258 e. The van der Waals surface area contributed by atoms with Crippen LogP contribution in [0.3, 0.4) is 0 Å². The fourth-order valence-corrected chi connectivity index (χ4v) is 2.64. The van der Waals surface area contributed by atoms with Crippen LogP contribution in [0.2, 0.25) is 0 Å². The van der Waals surface area contributed by atoms with Crippen LogP contribution in [0.5, 0.6) is 0 Å². The van der Waals surface area contributed by atoms with Gasteiger partial charge in [-0.05, 0) is 24.3 Å². The molecular weight excluding hydrogens is 364 g/mol. The Kier molecular flexibility index (Phi) is 4.59. The number of hydrogen-bond donors (Lipinski definition) is 2. The minimum atomic E-state index is -0.865. The first-order chi connectivity index (χ1) is 13.6. The number of amides is 1. The van der Waals surface area contributed by atoms with E-state index in [-0.39, 0.29) is 11.5 Å². The summed E-state index contributed by atoms with van der Waals surface area (Å²) < 4.78 is 27.3. The van der Waals surface area contributed by atoms with Gasteiger partial charge in [0.05, 0.1) is 16.8 Å². The minimum absolute atomic E-state index is 0.0595. The number of fused-ring (bicyclic) bond motifs is 1. The average molecular weight is 377 g/mol. The summed E-state index contributed by atoms with van der Waals surface area (Å²) in [5.74, 6) is -2.19. The second-order valence-corrected chi connectivity index (χ2v) is 5.85. The summed E-state index contributed by atoms with van der Waals surface area (Å²) in [7, 11) is 0. The van der Waals surface area contributed by atoms with Gasteiger partial charge in [-0.15, -0.1) is 0 Å². The molecule has 8 heteroatoms. The number of carbonyl (C=O) groups is 1. The van der Waals surface area contributed by atoms with Gasteiger partial charge in [0.25, 0.3) is 5.91 Å². The molecule has 0 saturated carbocycles. The molecule has 0 aliphatic carbocycles. The van der Waals surface area contributed by atoms with Crippen molar-refractivity contribution in [1.29, 1.82) is 0 Å². The second-order valence-electron chi connectivity index (χ2n) is 5.85. The largest absolute Gasteiger partial charge is 0.322 e. The number of pyridine rings is 1. The maximum absolute atomic E-state index is 13.7. The summed E-state index contributed by atoms with van der Waals surface area (Å²) in [5, 5.41) is 6.19. The number of nitrogens with one attached hydrogen (secondary N) is 2. The van der Waals surface area contributed by atoms with Crippen molar-refractivity contribution in [2.24, 2.45) is 0 Å². The van der Waals surface area contributed by atoms with Crippen LogP contribution in [-0.2, 0) is 0 Å². The highest BCUT2D eigenvalue weighted by molar-refractivity contribution is 6.04. The predicted molar refractivity (Wildman–Crippen MR) is 101 cm³/mol. The molecule has 0 aliphatic heterocycles. The molecule has 4 aromatic rings. The minimum Gasteiger partial charge on any atom is -0.322 e. The molecule has 0 saturated heterocycles. The highest BCUT2D eigenvalue weighted by Crippen LogP contribution is 2.23. The predicted octanol–water partition coefficient (Wildman–Crippen LogP) is 4.30. The Bertz CT molecular complexity index is 1140. The number of halogens is 2. The van der Waals surface area contributed by atoms with Crippen LogP contribution in [0.15, 0.2) is 67.1 Å². The Morgan fingerprint density at radius 2 is 1.54 bits per heavy atom. The average Bonchev–Trinajstić information content (AvgIpc) is 2.71. The Labute approximate surface area is 158 Å². The second kappa shape index (κ2) is 7.36. The molecule has 0 spiro atoms. The van der Waals surface area contributed by atoms with Crippen molar-refractivity contribution in [3.8, 4) is 0 Å². The Morgan fingerprint density at radius 1 is 0.857 bits per heavy atom. The van der Waals surface area contributed by atoms with Crippen LogP contribution in [0.1, 0.15) is 10.4 Å². The van der Waals surface area contributed by atoms with Crippen molar-refractivity contribution in [2.45, 2.75) is 0 Å². The van der Waals surface area contributed by atoms with Gasteiger partial charge in [0.2, 0.25) is 5.95 Å². The van der Waals surface area contributed by atoms with E-state index in [1.54, 1.807) is 6.20 Å². The molecule has 2 aromatic heterocycles.